The van der Waals surface area contributed by atoms with Crippen molar-refractivity contribution in [1.29, 1.82) is 0 Å². The maximum Gasteiger partial charge on any atom is 0.416 e. The van der Waals surface area contributed by atoms with Crippen molar-refractivity contribution in [2.45, 2.75) is 32.5 Å². The van der Waals surface area contributed by atoms with Gasteiger partial charge in [-0.05, 0) is 30.2 Å². The van der Waals surface area contributed by atoms with Gasteiger partial charge in [0.15, 0.2) is 0 Å². The molecule has 0 spiro atoms. The molecular formula is C15H19F3N2O3. The topological polar surface area (TPSA) is 78.4 Å². The third kappa shape index (κ3) is 5.90. The van der Waals surface area contributed by atoms with Crippen LogP contribution in [0.2, 0.25) is 0 Å². The number of benzene rings is 1. The van der Waals surface area contributed by atoms with E-state index in [0.29, 0.717) is 6.42 Å². The first kappa shape index (κ1) is 19.0. The van der Waals surface area contributed by atoms with Crippen LogP contribution in [0.1, 0.15) is 25.8 Å². The maximum absolute atomic E-state index is 12.4. The molecule has 0 aliphatic heterocycles. The van der Waals surface area contributed by atoms with E-state index in [2.05, 4.69) is 10.6 Å². The highest BCUT2D eigenvalue weighted by atomic mass is 19.4. The van der Waals surface area contributed by atoms with E-state index in [4.69, 9.17) is 5.11 Å². The molecule has 5 nitrogen and oxygen atoms in total. The summed E-state index contributed by atoms with van der Waals surface area (Å²) in [6.45, 7) is 3.34. The molecule has 0 radical (unpaired) electrons. The Labute approximate surface area is 131 Å². The summed E-state index contributed by atoms with van der Waals surface area (Å²) in [6.07, 6.45) is -3.81. The predicted octanol–water partition coefficient (Wildman–Crippen LogP) is 2.73. The number of aliphatic carboxylic acids is 1. The number of anilines is 1. The first-order chi connectivity index (χ1) is 10.6. The number of hydrogen-bond acceptors (Lipinski definition) is 3. The quantitative estimate of drug-likeness (QED) is 0.717. The molecule has 1 aromatic rings. The average molecular weight is 332 g/mol. The molecule has 0 aliphatic carbocycles. The van der Waals surface area contributed by atoms with Crippen LogP contribution in [-0.2, 0) is 15.8 Å². The number of alkyl halides is 3. The lowest BCUT2D eigenvalue weighted by Gasteiger charge is -2.19. The van der Waals surface area contributed by atoms with Crippen molar-refractivity contribution >= 4 is 17.6 Å². The fourth-order valence-electron chi connectivity index (χ4n) is 1.92. The van der Waals surface area contributed by atoms with Crippen molar-refractivity contribution < 1.29 is 27.9 Å². The minimum absolute atomic E-state index is 0.161. The normalized spacial score (nSPS) is 14.1. The van der Waals surface area contributed by atoms with Gasteiger partial charge in [0.1, 0.15) is 6.04 Å². The van der Waals surface area contributed by atoms with E-state index in [1.165, 1.54) is 0 Å². The number of amides is 1. The molecule has 0 aliphatic rings. The van der Waals surface area contributed by atoms with Crippen molar-refractivity contribution in [1.82, 2.24) is 5.32 Å². The molecule has 128 valence electrons. The molecule has 23 heavy (non-hydrogen) atoms. The molecule has 0 aromatic heterocycles. The number of carbonyl (C=O) groups excluding carboxylic acids is 1. The fraction of sp³-hybridized carbons (Fsp3) is 0.467. The molecule has 1 rings (SSSR count). The Hall–Kier alpha value is -2.09. The fourth-order valence-corrected chi connectivity index (χ4v) is 1.92. The zero-order valence-corrected chi connectivity index (χ0v) is 12.8. The monoisotopic (exact) mass is 332 g/mol. The Balaban J connectivity index is 2.58. The van der Waals surface area contributed by atoms with Crippen molar-refractivity contribution in [3.63, 3.8) is 0 Å². The molecular weight excluding hydrogens is 313 g/mol. The first-order valence-electron chi connectivity index (χ1n) is 7.08. The second-order valence-corrected chi connectivity index (χ2v) is 5.21. The predicted molar refractivity (Wildman–Crippen MR) is 79.0 cm³/mol. The number of nitrogens with one attached hydrogen (secondary N) is 2. The molecule has 0 unspecified atom stereocenters. The maximum atomic E-state index is 12.4. The van der Waals surface area contributed by atoms with E-state index < -0.39 is 29.7 Å². The molecule has 2 atom stereocenters. The van der Waals surface area contributed by atoms with Gasteiger partial charge < -0.3 is 10.4 Å². The van der Waals surface area contributed by atoms with Gasteiger partial charge in [-0.3, -0.25) is 14.9 Å². The largest absolute Gasteiger partial charge is 0.480 e. The van der Waals surface area contributed by atoms with Crippen LogP contribution < -0.4 is 10.6 Å². The van der Waals surface area contributed by atoms with Crippen LogP contribution in [0.15, 0.2) is 24.3 Å². The van der Waals surface area contributed by atoms with E-state index in [0.717, 1.165) is 24.3 Å². The Bertz CT molecular complexity index is 544. The number of rotatable bonds is 7. The van der Waals surface area contributed by atoms with E-state index in [1.807, 2.05) is 6.92 Å². The van der Waals surface area contributed by atoms with E-state index >= 15 is 0 Å². The van der Waals surface area contributed by atoms with Gasteiger partial charge in [-0.25, -0.2) is 0 Å². The lowest BCUT2D eigenvalue weighted by Crippen LogP contribution is -2.45. The number of carboxylic acid groups (broad SMARTS) is 1. The first-order valence-corrected chi connectivity index (χ1v) is 7.08. The van der Waals surface area contributed by atoms with Gasteiger partial charge in [0, 0.05) is 5.69 Å². The molecule has 0 bridgehead atoms. The molecule has 0 saturated carbocycles. The molecule has 0 fully saturated rings. The summed E-state index contributed by atoms with van der Waals surface area (Å²) in [5.74, 6) is -1.74. The van der Waals surface area contributed by atoms with Gasteiger partial charge in [-0.2, -0.15) is 13.2 Å². The SMILES string of the molecule is CC[C@H](C)[C@H](NCC(=O)Nc1ccc(C(F)(F)F)cc1)C(=O)O. The number of halogens is 3. The third-order valence-electron chi connectivity index (χ3n) is 3.46. The third-order valence-corrected chi connectivity index (χ3v) is 3.46. The van der Waals surface area contributed by atoms with Crippen LogP contribution in [0, 0.1) is 5.92 Å². The van der Waals surface area contributed by atoms with Gasteiger partial charge in [0.25, 0.3) is 0 Å². The summed E-state index contributed by atoms with van der Waals surface area (Å²) in [5, 5.41) is 14.1. The smallest absolute Gasteiger partial charge is 0.416 e. The van der Waals surface area contributed by atoms with Crippen LogP contribution in [0.5, 0.6) is 0 Å². The number of carbonyl (C=O) groups is 2. The average Bonchev–Trinajstić information content (AvgIpc) is 2.46. The van der Waals surface area contributed by atoms with E-state index in [-0.39, 0.29) is 18.2 Å². The number of carboxylic acids is 1. The minimum atomic E-state index is -4.44. The van der Waals surface area contributed by atoms with Crippen molar-refractivity contribution in [2.24, 2.45) is 5.92 Å². The van der Waals surface area contributed by atoms with Crippen molar-refractivity contribution in [3.05, 3.63) is 29.8 Å². The summed E-state index contributed by atoms with van der Waals surface area (Å²) in [4.78, 5) is 22.8. The van der Waals surface area contributed by atoms with Crippen LogP contribution in [-0.4, -0.2) is 29.6 Å². The summed E-state index contributed by atoms with van der Waals surface area (Å²) in [7, 11) is 0. The van der Waals surface area contributed by atoms with E-state index in [9.17, 15) is 22.8 Å². The second kappa shape index (κ2) is 7.96. The Morgan fingerprint density at radius 3 is 2.22 bits per heavy atom. The van der Waals surface area contributed by atoms with Crippen LogP contribution in [0.3, 0.4) is 0 Å². The Kier molecular flexibility index (Phi) is 6.56. The highest BCUT2D eigenvalue weighted by Crippen LogP contribution is 2.29. The van der Waals surface area contributed by atoms with Gasteiger partial charge >= 0.3 is 12.1 Å². The van der Waals surface area contributed by atoms with Crippen LogP contribution in [0.4, 0.5) is 18.9 Å². The lowest BCUT2D eigenvalue weighted by molar-refractivity contribution is -0.141. The van der Waals surface area contributed by atoms with Crippen LogP contribution in [0.25, 0.3) is 0 Å². The highest BCUT2D eigenvalue weighted by molar-refractivity contribution is 5.92. The molecule has 1 aromatic carbocycles. The molecule has 0 saturated heterocycles. The number of hydrogen-bond donors (Lipinski definition) is 3. The Morgan fingerprint density at radius 1 is 1.22 bits per heavy atom. The second-order valence-electron chi connectivity index (χ2n) is 5.21. The van der Waals surface area contributed by atoms with Gasteiger partial charge in [0.05, 0.1) is 12.1 Å². The Morgan fingerprint density at radius 2 is 1.78 bits per heavy atom. The van der Waals surface area contributed by atoms with Crippen LogP contribution >= 0.6 is 0 Å². The van der Waals surface area contributed by atoms with E-state index in [1.54, 1.807) is 6.92 Å². The zero-order valence-electron chi connectivity index (χ0n) is 12.8. The van der Waals surface area contributed by atoms with Gasteiger partial charge in [-0.1, -0.05) is 20.3 Å². The van der Waals surface area contributed by atoms with Gasteiger partial charge in [-0.15, -0.1) is 0 Å². The summed E-state index contributed by atoms with van der Waals surface area (Å²) in [6, 6.07) is 3.15. The van der Waals surface area contributed by atoms with Gasteiger partial charge in [0.2, 0.25) is 5.91 Å². The lowest BCUT2D eigenvalue weighted by atomic mass is 9.99. The van der Waals surface area contributed by atoms with Crippen molar-refractivity contribution in [3.8, 4) is 0 Å². The summed E-state index contributed by atoms with van der Waals surface area (Å²) < 4.78 is 37.3. The molecule has 1 amide bonds. The molecule has 0 heterocycles. The minimum Gasteiger partial charge on any atom is -0.480 e. The summed E-state index contributed by atoms with van der Waals surface area (Å²) in [5.41, 5.74) is -0.600. The van der Waals surface area contributed by atoms with Crippen molar-refractivity contribution in [2.75, 3.05) is 11.9 Å². The zero-order chi connectivity index (χ0) is 17.6. The molecule has 3 N–H and O–H groups in total. The summed E-state index contributed by atoms with van der Waals surface area (Å²) >= 11 is 0. The highest BCUT2D eigenvalue weighted by Gasteiger charge is 2.30. The molecule has 8 heteroatoms. The standard InChI is InChI=1S/C15H19F3N2O3/c1-3-9(2)13(14(22)23)19-8-12(21)20-11-6-4-10(5-7-11)15(16,17)18/h4-7,9,13,19H,3,8H2,1-2H3,(H,20,21)(H,22,23)/t9-,13-/m0/s1.